The number of rotatable bonds is 3. The summed E-state index contributed by atoms with van der Waals surface area (Å²) in [7, 11) is 0. The van der Waals surface area contributed by atoms with Crippen LogP contribution >= 0.6 is 11.6 Å². The summed E-state index contributed by atoms with van der Waals surface area (Å²) in [6, 6.07) is 2.74. The van der Waals surface area contributed by atoms with Gasteiger partial charge in [-0.2, -0.15) is 18.4 Å². The quantitative estimate of drug-likeness (QED) is 0.484. The van der Waals surface area contributed by atoms with Crippen molar-refractivity contribution < 1.29 is 22.8 Å². The van der Waals surface area contributed by atoms with Crippen LogP contribution in [-0.2, 0) is 6.18 Å². The molecule has 0 atom stereocenters. The molecular formula is C11H5ClF3NO2. The molecule has 18 heavy (non-hydrogen) atoms. The first-order chi connectivity index (χ1) is 8.36. The Bertz CT molecular complexity index is 546. The van der Waals surface area contributed by atoms with Gasteiger partial charge in [0.15, 0.2) is 12.1 Å². The van der Waals surface area contributed by atoms with Crippen LogP contribution in [0.1, 0.15) is 31.8 Å². The van der Waals surface area contributed by atoms with Gasteiger partial charge in [-0.15, -0.1) is 11.6 Å². The fraction of sp³-hybridized carbons (Fsp3) is 0.182. The minimum atomic E-state index is -4.78. The maximum absolute atomic E-state index is 12.6. The highest BCUT2D eigenvalue weighted by Crippen LogP contribution is 2.34. The minimum absolute atomic E-state index is 0.209. The van der Waals surface area contributed by atoms with Crippen LogP contribution < -0.4 is 0 Å². The summed E-state index contributed by atoms with van der Waals surface area (Å²) in [6.07, 6.45) is -4.57. The number of nitriles is 1. The van der Waals surface area contributed by atoms with Gasteiger partial charge >= 0.3 is 6.18 Å². The first kappa shape index (κ1) is 14.2. The number of ketones is 1. The second-order valence-electron chi connectivity index (χ2n) is 3.24. The van der Waals surface area contributed by atoms with Gasteiger partial charge in [-0.3, -0.25) is 9.59 Å². The van der Waals surface area contributed by atoms with Crippen LogP contribution in [-0.4, -0.2) is 17.9 Å². The molecule has 0 radical (unpaired) electrons. The van der Waals surface area contributed by atoms with E-state index in [9.17, 15) is 22.8 Å². The number of carbonyl (C=O) groups excluding carboxylic acids is 2. The van der Waals surface area contributed by atoms with Crippen LogP contribution in [0.25, 0.3) is 0 Å². The Morgan fingerprint density at radius 1 is 1.44 bits per heavy atom. The van der Waals surface area contributed by atoms with Gasteiger partial charge in [-0.1, -0.05) is 6.07 Å². The monoisotopic (exact) mass is 275 g/mol. The Labute approximate surface area is 105 Å². The molecule has 0 spiro atoms. The Hall–Kier alpha value is -1.87. The molecule has 1 aromatic rings. The molecule has 0 unspecified atom stereocenters. The Kier molecular flexibility index (Phi) is 4.09. The molecule has 0 saturated heterocycles. The molecule has 0 aliphatic rings. The molecule has 0 aliphatic heterocycles. The maximum atomic E-state index is 12.6. The Balaban J connectivity index is 3.70. The number of alkyl halides is 4. The molecule has 1 aromatic carbocycles. The molecule has 0 N–H and O–H groups in total. The number of hydrogen-bond donors (Lipinski definition) is 0. The highest BCUT2D eigenvalue weighted by atomic mass is 35.5. The van der Waals surface area contributed by atoms with Crippen molar-refractivity contribution in [3.63, 3.8) is 0 Å². The van der Waals surface area contributed by atoms with E-state index in [-0.39, 0.29) is 11.8 Å². The molecular weight excluding hydrogens is 271 g/mol. The zero-order chi connectivity index (χ0) is 13.9. The lowest BCUT2D eigenvalue weighted by Gasteiger charge is -2.12. The number of nitrogens with zero attached hydrogens (tertiary/aromatic N) is 1. The fourth-order valence-electron chi connectivity index (χ4n) is 1.44. The first-order valence-electron chi connectivity index (χ1n) is 4.55. The normalized spacial score (nSPS) is 10.8. The van der Waals surface area contributed by atoms with Crippen molar-refractivity contribution in [1.29, 1.82) is 5.26 Å². The van der Waals surface area contributed by atoms with Crippen molar-refractivity contribution in [2.45, 2.75) is 6.18 Å². The van der Waals surface area contributed by atoms with Crippen molar-refractivity contribution >= 4 is 23.7 Å². The lowest BCUT2D eigenvalue weighted by Crippen LogP contribution is -2.15. The first-order valence-corrected chi connectivity index (χ1v) is 5.09. The lowest BCUT2D eigenvalue weighted by atomic mass is 9.94. The molecule has 0 bridgehead atoms. The summed E-state index contributed by atoms with van der Waals surface area (Å²) in [4.78, 5) is 22.1. The van der Waals surface area contributed by atoms with Gasteiger partial charge in [-0.25, -0.2) is 0 Å². The molecule has 0 amide bonds. The SMILES string of the molecule is N#Cc1c(C(F)(F)F)ccc(C=O)c1C(=O)CCl. The van der Waals surface area contributed by atoms with Gasteiger partial charge in [0.25, 0.3) is 0 Å². The van der Waals surface area contributed by atoms with E-state index in [1.54, 1.807) is 0 Å². The van der Waals surface area contributed by atoms with Gasteiger partial charge in [0.05, 0.1) is 17.0 Å². The number of Topliss-reactive ketones (excluding diaryl/α,β-unsaturated/α-hetero) is 1. The van der Waals surface area contributed by atoms with Gasteiger partial charge in [0, 0.05) is 11.1 Å². The standard InChI is InChI=1S/C11H5ClF3NO2/c12-3-9(18)10-6(5-17)1-2-8(7(10)4-16)11(13,14)15/h1-2,5H,3H2. The predicted molar refractivity (Wildman–Crippen MR) is 56.6 cm³/mol. The van der Waals surface area contributed by atoms with E-state index in [0.717, 1.165) is 6.07 Å². The number of hydrogen-bond acceptors (Lipinski definition) is 3. The van der Waals surface area contributed by atoms with Crippen LogP contribution in [0.2, 0.25) is 0 Å². The van der Waals surface area contributed by atoms with Crippen LogP contribution in [0, 0.1) is 11.3 Å². The molecule has 0 saturated carbocycles. The second kappa shape index (κ2) is 5.19. The van der Waals surface area contributed by atoms with E-state index >= 15 is 0 Å². The molecule has 0 aromatic heterocycles. The summed E-state index contributed by atoms with van der Waals surface area (Å²) in [6.45, 7) is 0. The number of benzene rings is 1. The third-order valence-electron chi connectivity index (χ3n) is 2.18. The summed E-state index contributed by atoms with van der Waals surface area (Å²) in [5.74, 6) is -1.52. The maximum Gasteiger partial charge on any atom is 0.417 e. The summed E-state index contributed by atoms with van der Waals surface area (Å²) < 4.78 is 37.9. The average Bonchev–Trinajstić information content (AvgIpc) is 2.34. The largest absolute Gasteiger partial charge is 0.417 e. The minimum Gasteiger partial charge on any atom is -0.298 e. The molecule has 94 valence electrons. The molecule has 0 aliphatic carbocycles. The van der Waals surface area contributed by atoms with E-state index in [1.807, 2.05) is 0 Å². The summed E-state index contributed by atoms with van der Waals surface area (Å²) in [5.41, 5.74) is -3.01. The Morgan fingerprint density at radius 2 is 2.06 bits per heavy atom. The molecule has 7 heteroatoms. The fourth-order valence-corrected chi connectivity index (χ4v) is 1.57. The number of halogens is 4. The summed E-state index contributed by atoms with van der Waals surface area (Å²) >= 11 is 5.25. The van der Waals surface area contributed by atoms with E-state index in [2.05, 4.69) is 0 Å². The van der Waals surface area contributed by atoms with E-state index in [0.29, 0.717) is 6.07 Å². The predicted octanol–water partition coefficient (Wildman–Crippen LogP) is 2.81. The third kappa shape index (κ3) is 2.51. The molecule has 0 fully saturated rings. The van der Waals surface area contributed by atoms with Crippen LogP contribution in [0.3, 0.4) is 0 Å². The lowest BCUT2D eigenvalue weighted by molar-refractivity contribution is -0.137. The zero-order valence-electron chi connectivity index (χ0n) is 8.71. The van der Waals surface area contributed by atoms with E-state index in [4.69, 9.17) is 16.9 Å². The summed E-state index contributed by atoms with van der Waals surface area (Å²) in [5, 5.41) is 8.77. The van der Waals surface area contributed by atoms with Crippen molar-refractivity contribution in [2.75, 3.05) is 5.88 Å². The highest BCUT2D eigenvalue weighted by Gasteiger charge is 2.36. The van der Waals surface area contributed by atoms with Crippen molar-refractivity contribution in [1.82, 2.24) is 0 Å². The average molecular weight is 276 g/mol. The van der Waals surface area contributed by atoms with E-state index < -0.39 is 34.5 Å². The second-order valence-corrected chi connectivity index (χ2v) is 3.50. The molecule has 1 rings (SSSR count). The van der Waals surface area contributed by atoms with Gasteiger partial charge < -0.3 is 0 Å². The zero-order valence-corrected chi connectivity index (χ0v) is 9.47. The van der Waals surface area contributed by atoms with Crippen molar-refractivity contribution in [3.8, 4) is 6.07 Å². The Morgan fingerprint density at radius 3 is 2.44 bits per heavy atom. The van der Waals surface area contributed by atoms with Gasteiger partial charge in [0.2, 0.25) is 0 Å². The highest BCUT2D eigenvalue weighted by molar-refractivity contribution is 6.31. The number of aldehydes is 1. The van der Waals surface area contributed by atoms with Gasteiger partial charge in [0.1, 0.15) is 6.07 Å². The third-order valence-corrected chi connectivity index (χ3v) is 2.42. The smallest absolute Gasteiger partial charge is 0.298 e. The van der Waals surface area contributed by atoms with Gasteiger partial charge in [-0.05, 0) is 6.07 Å². The molecule has 3 nitrogen and oxygen atoms in total. The van der Waals surface area contributed by atoms with Crippen molar-refractivity contribution in [2.24, 2.45) is 0 Å². The van der Waals surface area contributed by atoms with Crippen LogP contribution in [0.4, 0.5) is 13.2 Å². The number of carbonyl (C=O) groups is 2. The van der Waals surface area contributed by atoms with Crippen LogP contribution in [0.5, 0.6) is 0 Å². The molecule has 0 heterocycles. The van der Waals surface area contributed by atoms with E-state index in [1.165, 1.54) is 6.07 Å². The van der Waals surface area contributed by atoms with Crippen LogP contribution in [0.15, 0.2) is 12.1 Å². The topological polar surface area (TPSA) is 57.9 Å². The van der Waals surface area contributed by atoms with Crippen molar-refractivity contribution in [3.05, 3.63) is 34.4 Å².